The summed E-state index contributed by atoms with van der Waals surface area (Å²) in [6.07, 6.45) is 2.25. The molecule has 0 saturated heterocycles. The van der Waals surface area contributed by atoms with Gasteiger partial charge in [-0.15, -0.1) is 11.3 Å². The Balaban J connectivity index is 1.81. The molecule has 1 N–H and O–H groups in total. The number of thiophene rings is 1. The van der Waals surface area contributed by atoms with E-state index in [-0.39, 0.29) is 12.0 Å². The molecule has 0 amide bonds. The Morgan fingerprint density at radius 3 is 2.81 bits per heavy atom. The van der Waals surface area contributed by atoms with Crippen LogP contribution in [-0.2, 0) is 0 Å². The van der Waals surface area contributed by atoms with E-state index in [1.54, 1.807) is 19.3 Å². The third-order valence-electron chi connectivity index (χ3n) is 4.34. The molecular formula is C17H13F3N4OS. The van der Waals surface area contributed by atoms with Crippen molar-refractivity contribution in [3.63, 3.8) is 0 Å². The van der Waals surface area contributed by atoms with Gasteiger partial charge in [-0.3, -0.25) is 9.36 Å². The minimum absolute atomic E-state index is 0.0867. The van der Waals surface area contributed by atoms with E-state index >= 15 is 0 Å². The molecule has 0 spiro atoms. The summed E-state index contributed by atoms with van der Waals surface area (Å²) in [6.45, 7) is 0. The highest BCUT2D eigenvalue weighted by molar-refractivity contribution is 7.25. The zero-order chi connectivity index (χ0) is 18.5. The van der Waals surface area contributed by atoms with Gasteiger partial charge in [0.1, 0.15) is 9.53 Å². The molecule has 3 aromatic rings. The molecule has 26 heavy (non-hydrogen) atoms. The number of halogens is 3. The average molecular weight is 378 g/mol. The van der Waals surface area contributed by atoms with Crippen molar-refractivity contribution in [2.75, 3.05) is 12.4 Å². The smallest absolute Gasteiger partial charge is 0.387 e. The van der Waals surface area contributed by atoms with Crippen LogP contribution in [0.2, 0.25) is 0 Å². The summed E-state index contributed by atoms with van der Waals surface area (Å²) in [6, 6.07) is 1.31. The summed E-state index contributed by atoms with van der Waals surface area (Å²) >= 11 is 1.23. The molecule has 0 radical (unpaired) electrons. The number of alkyl halides is 3. The predicted molar refractivity (Wildman–Crippen MR) is 95.7 cm³/mol. The van der Waals surface area contributed by atoms with Crippen LogP contribution in [0.3, 0.4) is 0 Å². The van der Waals surface area contributed by atoms with Crippen molar-refractivity contribution in [3.05, 3.63) is 52.7 Å². The van der Waals surface area contributed by atoms with Crippen LogP contribution < -0.4 is 10.9 Å². The summed E-state index contributed by atoms with van der Waals surface area (Å²) < 4.78 is 40.0. The Hall–Kier alpha value is -2.68. The first kappa shape index (κ1) is 16.8. The van der Waals surface area contributed by atoms with Crippen LogP contribution in [0.25, 0.3) is 20.4 Å². The molecule has 0 aliphatic heterocycles. The van der Waals surface area contributed by atoms with E-state index in [0.717, 1.165) is 23.2 Å². The van der Waals surface area contributed by atoms with Crippen LogP contribution in [0.4, 0.5) is 18.9 Å². The molecule has 0 saturated carbocycles. The summed E-state index contributed by atoms with van der Waals surface area (Å²) in [4.78, 5) is 22.3. The van der Waals surface area contributed by atoms with E-state index < -0.39 is 17.8 Å². The fourth-order valence-electron chi connectivity index (χ4n) is 3.04. The molecule has 1 aliphatic carbocycles. The zero-order valence-electron chi connectivity index (χ0n) is 13.5. The van der Waals surface area contributed by atoms with Crippen LogP contribution in [0, 0.1) is 0 Å². The van der Waals surface area contributed by atoms with E-state index in [1.807, 2.05) is 0 Å². The maximum absolute atomic E-state index is 12.9. The van der Waals surface area contributed by atoms with E-state index in [9.17, 15) is 18.0 Å². The third kappa shape index (κ3) is 2.59. The second kappa shape index (κ2) is 5.94. The monoisotopic (exact) mass is 378 g/mol. The van der Waals surface area contributed by atoms with Gasteiger partial charge in [0.05, 0.1) is 28.8 Å². The molecule has 0 fully saturated rings. The molecule has 0 bridgehead atoms. The highest BCUT2D eigenvalue weighted by atomic mass is 32.1. The van der Waals surface area contributed by atoms with Gasteiger partial charge in [-0.2, -0.15) is 13.2 Å². The number of allylic oxidation sites excluding steroid dienone is 4. The molecule has 3 heterocycles. The van der Waals surface area contributed by atoms with Crippen molar-refractivity contribution in [2.45, 2.75) is 18.6 Å². The van der Waals surface area contributed by atoms with Crippen LogP contribution in [0.1, 0.15) is 12.5 Å². The summed E-state index contributed by atoms with van der Waals surface area (Å²) in [5, 5.41) is 3.83. The quantitative estimate of drug-likeness (QED) is 0.731. The molecule has 9 heteroatoms. The van der Waals surface area contributed by atoms with Gasteiger partial charge in [-0.1, -0.05) is 18.2 Å². The number of hydrogen-bond donors (Lipinski definition) is 1. The van der Waals surface area contributed by atoms with Crippen molar-refractivity contribution in [1.29, 1.82) is 0 Å². The normalized spacial score (nSPS) is 17.7. The Bertz CT molecular complexity index is 1130. The molecule has 3 aromatic heterocycles. The Kier molecular flexibility index (Phi) is 3.83. The maximum atomic E-state index is 12.9. The maximum Gasteiger partial charge on any atom is 0.416 e. The van der Waals surface area contributed by atoms with Gasteiger partial charge in [0.2, 0.25) is 0 Å². The van der Waals surface area contributed by atoms with Crippen molar-refractivity contribution < 1.29 is 13.2 Å². The lowest BCUT2D eigenvalue weighted by Gasteiger charge is -2.19. The second-order valence-electron chi connectivity index (χ2n) is 5.84. The number of fused-ring (bicyclic) bond motifs is 3. The molecule has 5 nitrogen and oxygen atoms in total. The van der Waals surface area contributed by atoms with Crippen LogP contribution in [0.15, 0.2) is 47.2 Å². The highest BCUT2D eigenvalue weighted by Crippen LogP contribution is 2.35. The molecule has 1 aliphatic rings. The van der Waals surface area contributed by atoms with Crippen LogP contribution >= 0.6 is 11.3 Å². The number of pyridine rings is 1. The predicted octanol–water partition coefficient (Wildman–Crippen LogP) is 4.04. The van der Waals surface area contributed by atoms with Crippen LogP contribution in [-0.4, -0.2) is 27.8 Å². The zero-order valence-corrected chi connectivity index (χ0v) is 14.4. The number of nitrogens with one attached hydrogen (secondary N) is 1. The molecule has 1 unspecified atom stereocenters. The van der Waals surface area contributed by atoms with Crippen molar-refractivity contribution >= 4 is 37.5 Å². The first-order valence-electron chi connectivity index (χ1n) is 7.82. The van der Waals surface area contributed by atoms with Gasteiger partial charge in [-0.25, -0.2) is 9.97 Å². The topological polar surface area (TPSA) is 59.8 Å². The standard InChI is InChI=1S/C17H13F3N4OS/c1-21-11-6-7-22-15-12(11)13-14(26-15)16(25)24(8-23-13)10-4-2-9(3-5-10)17(18,19)20/h2-4,6-8,10H,5H2,1H3,(H,21,22). The lowest BCUT2D eigenvalue weighted by atomic mass is 10.0. The molecule has 0 aromatic carbocycles. The summed E-state index contributed by atoms with van der Waals surface area (Å²) in [5.41, 5.74) is 0.398. The Labute approximate surface area is 149 Å². The Morgan fingerprint density at radius 2 is 2.15 bits per heavy atom. The van der Waals surface area contributed by atoms with Gasteiger partial charge >= 0.3 is 6.18 Å². The summed E-state index contributed by atoms with van der Waals surface area (Å²) in [7, 11) is 1.77. The van der Waals surface area contributed by atoms with Gasteiger partial charge in [0.15, 0.2) is 0 Å². The van der Waals surface area contributed by atoms with E-state index in [4.69, 9.17) is 0 Å². The van der Waals surface area contributed by atoms with Gasteiger partial charge in [0.25, 0.3) is 5.56 Å². The molecule has 1 atom stereocenters. The number of hydrogen-bond acceptors (Lipinski definition) is 5. The molecule has 4 rings (SSSR count). The Morgan fingerprint density at radius 1 is 1.35 bits per heavy atom. The third-order valence-corrected chi connectivity index (χ3v) is 5.41. The van der Waals surface area contributed by atoms with Gasteiger partial charge < -0.3 is 5.32 Å². The van der Waals surface area contributed by atoms with E-state index in [1.165, 1.54) is 28.3 Å². The summed E-state index contributed by atoms with van der Waals surface area (Å²) in [5.74, 6) is 0. The fraction of sp³-hybridized carbons (Fsp3) is 0.235. The lowest BCUT2D eigenvalue weighted by molar-refractivity contribution is -0.0887. The van der Waals surface area contributed by atoms with Crippen molar-refractivity contribution in [1.82, 2.24) is 14.5 Å². The minimum atomic E-state index is -4.38. The number of anilines is 1. The largest absolute Gasteiger partial charge is 0.416 e. The number of rotatable bonds is 2. The first-order valence-corrected chi connectivity index (χ1v) is 8.63. The van der Waals surface area contributed by atoms with Gasteiger partial charge in [-0.05, 0) is 12.5 Å². The lowest BCUT2D eigenvalue weighted by Crippen LogP contribution is -2.25. The van der Waals surface area contributed by atoms with Crippen molar-refractivity contribution in [2.24, 2.45) is 0 Å². The average Bonchev–Trinajstić information content (AvgIpc) is 3.01. The van der Waals surface area contributed by atoms with Crippen LogP contribution in [0.5, 0.6) is 0 Å². The SMILES string of the molecule is CNc1ccnc2sc3c(=O)n(C4C=CC(C(F)(F)F)=CC4)cnc3c12. The second-order valence-corrected chi connectivity index (χ2v) is 6.84. The molecular weight excluding hydrogens is 365 g/mol. The minimum Gasteiger partial charge on any atom is -0.387 e. The first-order chi connectivity index (χ1) is 12.4. The van der Waals surface area contributed by atoms with E-state index in [0.29, 0.717) is 15.0 Å². The van der Waals surface area contributed by atoms with Crippen molar-refractivity contribution in [3.8, 4) is 0 Å². The molecule has 134 valence electrons. The number of nitrogens with zero attached hydrogens (tertiary/aromatic N) is 3. The fourth-order valence-corrected chi connectivity index (χ4v) is 4.10. The highest BCUT2D eigenvalue weighted by Gasteiger charge is 2.33. The van der Waals surface area contributed by atoms with E-state index in [2.05, 4.69) is 15.3 Å². The van der Waals surface area contributed by atoms with Gasteiger partial charge in [0, 0.05) is 18.9 Å². The number of aromatic nitrogens is 3.